The minimum absolute atomic E-state index is 0.150. The van der Waals surface area contributed by atoms with Crippen LogP contribution in [0.25, 0.3) is 0 Å². The molecule has 0 fully saturated rings. The molecule has 24 heavy (non-hydrogen) atoms. The molecule has 1 aromatic rings. The van der Waals surface area contributed by atoms with Crippen LogP contribution in [0.15, 0.2) is 29.4 Å². The Morgan fingerprint density at radius 3 is 2.42 bits per heavy atom. The molecular weight excluding hydrogens is 316 g/mol. The second-order valence-electron chi connectivity index (χ2n) is 5.07. The Morgan fingerprint density at radius 1 is 1.17 bits per heavy atom. The normalized spacial score (nSPS) is 14.0. The maximum Gasteiger partial charge on any atom is 0.322 e. The Morgan fingerprint density at radius 2 is 1.83 bits per heavy atom. The van der Waals surface area contributed by atoms with E-state index < -0.39 is 24.3 Å². The zero-order chi connectivity index (χ0) is 17.7. The predicted molar refractivity (Wildman–Crippen MR) is 84.5 cm³/mol. The van der Waals surface area contributed by atoms with E-state index in [1.54, 1.807) is 0 Å². The van der Waals surface area contributed by atoms with Gasteiger partial charge in [-0.05, 0) is 24.3 Å². The highest BCUT2D eigenvalue weighted by molar-refractivity contribution is 6.43. The van der Waals surface area contributed by atoms with E-state index in [-0.39, 0.29) is 30.0 Å². The number of benzene rings is 1. The number of carboxylic acids is 1. The third-order valence-corrected chi connectivity index (χ3v) is 3.27. The van der Waals surface area contributed by atoms with Gasteiger partial charge in [0.25, 0.3) is 11.8 Å². The number of nitrogens with zero attached hydrogens (tertiary/aromatic N) is 2. The van der Waals surface area contributed by atoms with E-state index in [1.807, 2.05) is 0 Å². The van der Waals surface area contributed by atoms with E-state index in [4.69, 9.17) is 5.11 Å². The number of carbonyl (C=O) groups is 4. The van der Waals surface area contributed by atoms with Gasteiger partial charge in [-0.1, -0.05) is 0 Å². The van der Waals surface area contributed by atoms with Gasteiger partial charge >= 0.3 is 5.97 Å². The van der Waals surface area contributed by atoms with E-state index >= 15 is 0 Å². The first-order valence-corrected chi connectivity index (χ1v) is 7.12. The number of hydrogen-bond acceptors (Lipinski definition) is 5. The van der Waals surface area contributed by atoms with Crippen LogP contribution in [0.5, 0.6) is 0 Å². The number of anilines is 1. The largest absolute Gasteiger partial charge is 0.480 e. The lowest BCUT2D eigenvalue weighted by Gasteiger charge is -2.18. The van der Waals surface area contributed by atoms with Crippen molar-refractivity contribution in [2.45, 2.75) is 12.8 Å². The fraction of sp³-hybridized carbons (Fsp3) is 0.267. The van der Waals surface area contributed by atoms with Gasteiger partial charge in [-0.3, -0.25) is 19.2 Å². The molecule has 0 aliphatic carbocycles. The molecule has 9 heteroatoms. The van der Waals surface area contributed by atoms with Crippen LogP contribution in [0.3, 0.4) is 0 Å². The van der Waals surface area contributed by atoms with E-state index in [0.717, 1.165) is 5.01 Å². The zero-order valence-electron chi connectivity index (χ0n) is 12.9. The molecule has 0 unspecified atom stereocenters. The van der Waals surface area contributed by atoms with Crippen molar-refractivity contribution in [2.24, 2.45) is 5.10 Å². The van der Waals surface area contributed by atoms with Gasteiger partial charge in [-0.2, -0.15) is 5.10 Å². The van der Waals surface area contributed by atoms with Crippen molar-refractivity contribution >= 4 is 35.1 Å². The highest BCUT2D eigenvalue weighted by atomic mass is 16.4. The topological polar surface area (TPSA) is 128 Å². The Kier molecular flexibility index (Phi) is 5.25. The summed E-state index contributed by atoms with van der Waals surface area (Å²) in [6.45, 7) is -0.469. The monoisotopic (exact) mass is 332 g/mol. The molecule has 0 bridgehead atoms. The number of rotatable bonds is 5. The molecule has 0 aromatic heterocycles. The van der Waals surface area contributed by atoms with Gasteiger partial charge in [0.15, 0.2) is 0 Å². The first-order valence-electron chi connectivity index (χ1n) is 7.12. The number of amides is 3. The molecular formula is C15H16N4O5. The van der Waals surface area contributed by atoms with Crippen molar-refractivity contribution in [2.75, 3.05) is 18.9 Å². The average Bonchev–Trinajstić information content (AvgIpc) is 2.55. The van der Waals surface area contributed by atoms with Gasteiger partial charge in [0.2, 0.25) is 5.91 Å². The summed E-state index contributed by atoms with van der Waals surface area (Å²) < 4.78 is 0. The minimum atomic E-state index is -1.14. The average molecular weight is 332 g/mol. The van der Waals surface area contributed by atoms with Gasteiger partial charge in [0.05, 0.1) is 0 Å². The van der Waals surface area contributed by atoms with Gasteiger partial charge in [-0.15, -0.1) is 0 Å². The SMILES string of the molecule is CN1N=C(C(=O)Nc2ccc(C(=O)NCC(=O)O)cc2)CCC1=O. The van der Waals surface area contributed by atoms with E-state index in [9.17, 15) is 19.2 Å². The van der Waals surface area contributed by atoms with Crippen LogP contribution >= 0.6 is 0 Å². The maximum atomic E-state index is 12.1. The van der Waals surface area contributed by atoms with Crippen molar-refractivity contribution in [1.82, 2.24) is 10.3 Å². The Labute approximate surface area is 137 Å². The highest BCUT2D eigenvalue weighted by Gasteiger charge is 2.22. The number of carboxylic acid groups (broad SMARTS) is 1. The number of hydrogen-bond donors (Lipinski definition) is 3. The van der Waals surface area contributed by atoms with Gasteiger partial charge in [0.1, 0.15) is 12.3 Å². The Balaban J connectivity index is 1.97. The van der Waals surface area contributed by atoms with Gasteiger partial charge in [-0.25, -0.2) is 5.01 Å². The third kappa shape index (κ3) is 4.38. The van der Waals surface area contributed by atoms with Crippen LogP contribution < -0.4 is 10.6 Å². The number of carbonyl (C=O) groups excluding carboxylic acids is 3. The lowest BCUT2D eigenvalue weighted by Crippen LogP contribution is -2.34. The first kappa shape index (κ1) is 17.1. The third-order valence-electron chi connectivity index (χ3n) is 3.27. The van der Waals surface area contributed by atoms with Crippen LogP contribution in [0, 0.1) is 0 Å². The van der Waals surface area contributed by atoms with Crippen LogP contribution in [-0.4, -0.2) is 53.1 Å². The standard InChI is InChI=1S/C15H16N4O5/c1-19-12(20)7-6-11(18-19)15(24)17-10-4-2-9(3-5-10)14(23)16-8-13(21)22/h2-5H,6-8H2,1H3,(H,16,23)(H,17,24)(H,21,22). The van der Waals surface area contributed by atoms with E-state index in [0.29, 0.717) is 5.69 Å². The summed E-state index contributed by atoms with van der Waals surface area (Å²) in [6.07, 6.45) is 0.496. The Bertz CT molecular complexity index is 711. The lowest BCUT2D eigenvalue weighted by atomic mass is 10.1. The summed E-state index contributed by atoms with van der Waals surface area (Å²) in [5, 5.41) is 18.4. The van der Waals surface area contributed by atoms with E-state index in [1.165, 1.54) is 31.3 Å². The van der Waals surface area contributed by atoms with Gasteiger partial charge in [0, 0.05) is 31.1 Å². The molecule has 1 heterocycles. The summed E-state index contributed by atoms with van der Waals surface area (Å²) >= 11 is 0. The quantitative estimate of drug-likeness (QED) is 0.702. The first-order chi connectivity index (χ1) is 11.4. The fourth-order valence-electron chi connectivity index (χ4n) is 2.00. The minimum Gasteiger partial charge on any atom is -0.480 e. The molecule has 0 saturated carbocycles. The molecule has 2 rings (SSSR count). The molecule has 0 atom stereocenters. The molecule has 0 spiro atoms. The van der Waals surface area contributed by atoms with Crippen molar-refractivity contribution in [3.8, 4) is 0 Å². The summed E-state index contributed by atoms with van der Waals surface area (Å²) in [5.74, 6) is -2.23. The molecule has 0 radical (unpaired) electrons. The van der Waals surface area contributed by atoms with Crippen molar-refractivity contribution in [1.29, 1.82) is 0 Å². The molecule has 3 N–H and O–H groups in total. The number of hydrazone groups is 1. The fourth-order valence-corrected chi connectivity index (χ4v) is 2.00. The predicted octanol–water partition coefficient (Wildman–Crippen LogP) is 0.0477. The molecule has 0 saturated heterocycles. The summed E-state index contributed by atoms with van der Waals surface area (Å²) in [4.78, 5) is 45.5. The molecule has 126 valence electrons. The zero-order valence-corrected chi connectivity index (χ0v) is 12.9. The lowest BCUT2D eigenvalue weighted by molar-refractivity contribution is -0.136. The Hall–Kier alpha value is -3.23. The van der Waals surface area contributed by atoms with Crippen molar-refractivity contribution in [3.63, 3.8) is 0 Å². The van der Waals surface area contributed by atoms with Crippen molar-refractivity contribution in [3.05, 3.63) is 29.8 Å². The van der Waals surface area contributed by atoms with Crippen LogP contribution in [0.2, 0.25) is 0 Å². The second kappa shape index (κ2) is 7.36. The van der Waals surface area contributed by atoms with Crippen LogP contribution in [0.4, 0.5) is 5.69 Å². The maximum absolute atomic E-state index is 12.1. The molecule has 1 aliphatic heterocycles. The van der Waals surface area contributed by atoms with Crippen LogP contribution in [0.1, 0.15) is 23.2 Å². The van der Waals surface area contributed by atoms with Crippen molar-refractivity contribution < 1.29 is 24.3 Å². The van der Waals surface area contributed by atoms with Gasteiger partial charge < -0.3 is 15.7 Å². The number of aliphatic carboxylic acids is 1. The smallest absolute Gasteiger partial charge is 0.322 e. The summed E-state index contributed by atoms with van der Waals surface area (Å²) in [7, 11) is 1.49. The number of nitrogens with one attached hydrogen (secondary N) is 2. The second-order valence-corrected chi connectivity index (χ2v) is 5.07. The summed E-state index contributed by atoms with van der Waals surface area (Å²) in [6, 6.07) is 5.97. The molecule has 1 aromatic carbocycles. The molecule has 9 nitrogen and oxygen atoms in total. The molecule has 1 aliphatic rings. The molecule has 3 amide bonds. The summed E-state index contributed by atoms with van der Waals surface area (Å²) in [5.41, 5.74) is 0.979. The van der Waals surface area contributed by atoms with Crippen LogP contribution in [-0.2, 0) is 14.4 Å². The van der Waals surface area contributed by atoms with E-state index in [2.05, 4.69) is 15.7 Å². The highest BCUT2D eigenvalue weighted by Crippen LogP contribution is 2.12.